The lowest BCUT2D eigenvalue weighted by molar-refractivity contribution is 1.46. The van der Waals surface area contributed by atoms with E-state index in [1.807, 2.05) is 0 Å². The number of hydrogen-bond donors (Lipinski definition) is 0. The zero-order valence-corrected chi connectivity index (χ0v) is 14.7. The smallest absolute Gasteiger partial charge is 0.0248 e. The summed E-state index contributed by atoms with van der Waals surface area (Å²) in [5.74, 6) is 0. The molecule has 2 aromatic carbocycles. The fraction of sp³-hybridized carbons (Fsp3) is 0.111. The van der Waals surface area contributed by atoms with Crippen LogP contribution in [-0.2, 0) is 0 Å². The fourth-order valence-electron chi connectivity index (χ4n) is 1.76. The molecule has 0 aliphatic heterocycles. The molecule has 2 aromatic rings. The van der Waals surface area contributed by atoms with Crippen LogP contribution in [0.1, 0.15) is 22.3 Å². The molecular weight excluding hydrogens is 376 g/mol. The van der Waals surface area contributed by atoms with Crippen LogP contribution in [0.2, 0.25) is 0 Å². The van der Waals surface area contributed by atoms with Crippen LogP contribution in [0.4, 0.5) is 0 Å². The van der Waals surface area contributed by atoms with E-state index in [1.54, 1.807) is 0 Å². The molecule has 0 aliphatic carbocycles. The van der Waals surface area contributed by atoms with Gasteiger partial charge >= 0.3 is 0 Å². The number of allylic oxidation sites excluding steroid dienone is 2. The minimum absolute atomic E-state index is 1.07. The van der Waals surface area contributed by atoms with E-state index >= 15 is 0 Å². The molecule has 20 heavy (non-hydrogen) atoms. The maximum atomic E-state index is 3.62. The largest absolute Gasteiger partial charge is 0.0587 e. The highest BCUT2D eigenvalue weighted by Gasteiger charge is 1.98. The molecule has 0 N–H and O–H groups in total. The van der Waals surface area contributed by atoms with Gasteiger partial charge in [0.05, 0.1) is 0 Å². The van der Waals surface area contributed by atoms with Gasteiger partial charge in [-0.05, 0) is 37.1 Å². The van der Waals surface area contributed by atoms with E-state index in [0.717, 1.165) is 8.96 Å². The van der Waals surface area contributed by atoms with Crippen molar-refractivity contribution in [1.82, 2.24) is 0 Å². The van der Waals surface area contributed by atoms with Crippen LogP contribution in [0.3, 0.4) is 0 Å². The summed E-state index contributed by atoms with van der Waals surface area (Å²) in [4.78, 5) is 0. The summed E-state index contributed by atoms with van der Waals surface area (Å²) < 4.78 is 2.14. The van der Waals surface area contributed by atoms with Crippen molar-refractivity contribution in [2.24, 2.45) is 0 Å². The topological polar surface area (TPSA) is 0 Å². The molecule has 0 aromatic heterocycles. The minimum Gasteiger partial charge on any atom is -0.0587 e. The first kappa shape index (κ1) is 15.3. The Kier molecular flexibility index (Phi) is 5.38. The Morgan fingerprint density at radius 1 is 0.650 bits per heavy atom. The van der Waals surface area contributed by atoms with Crippen LogP contribution >= 0.6 is 31.9 Å². The van der Waals surface area contributed by atoms with Gasteiger partial charge in [0.25, 0.3) is 0 Å². The Bertz CT molecular complexity index is 573. The van der Waals surface area contributed by atoms with E-state index in [-0.39, 0.29) is 0 Å². The normalized spacial score (nSPS) is 12.6. The van der Waals surface area contributed by atoms with E-state index in [4.69, 9.17) is 0 Å². The lowest BCUT2D eigenvalue weighted by Gasteiger charge is -2.01. The zero-order chi connectivity index (χ0) is 14.5. The maximum absolute atomic E-state index is 3.62. The monoisotopic (exact) mass is 390 g/mol. The average molecular weight is 392 g/mol. The van der Waals surface area contributed by atoms with Crippen molar-refractivity contribution in [2.45, 2.75) is 13.8 Å². The molecule has 0 saturated carbocycles. The second-order valence-electron chi connectivity index (χ2n) is 4.76. The fourth-order valence-corrected chi connectivity index (χ4v) is 2.56. The van der Waals surface area contributed by atoms with Gasteiger partial charge in [-0.2, -0.15) is 0 Å². The van der Waals surface area contributed by atoms with Crippen molar-refractivity contribution in [2.75, 3.05) is 0 Å². The summed E-state index contributed by atoms with van der Waals surface area (Å²) in [6, 6.07) is 16.9. The molecule has 0 amide bonds. The van der Waals surface area contributed by atoms with Crippen LogP contribution in [0, 0.1) is 13.8 Å². The molecule has 2 heteroatoms. The van der Waals surface area contributed by atoms with Crippen LogP contribution in [-0.4, -0.2) is 0 Å². The molecule has 0 spiro atoms. The van der Waals surface area contributed by atoms with E-state index < -0.39 is 0 Å². The van der Waals surface area contributed by atoms with Crippen molar-refractivity contribution in [3.63, 3.8) is 0 Å². The summed E-state index contributed by atoms with van der Waals surface area (Å²) >= 11 is 7.24. The molecule has 0 fully saturated rings. The van der Waals surface area contributed by atoms with Gasteiger partial charge in [0.2, 0.25) is 0 Å². The van der Waals surface area contributed by atoms with Gasteiger partial charge in [0.1, 0.15) is 0 Å². The van der Waals surface area contributed by atoms with Crippen molar-refractivity contribution in [3.8, 4) is 0 Å². The highest BCUT2D eigenvalue weighted by molar-refractivity contribution is 9.15. The van der Waals surface area contributed by atoms with Crippen molar-refractivity contribution in [3.05, 3.63) is 82.9 Å². The second kappa shape index (κ2) is 7.05. The summed E-state index contributed by atoms with van der Waals surface area (Å²) in [6.45, 7) is 4.19. The molecular formula is C18H16Br2. The Hall–Kier alpha value is -1.12. The lowest BCUT2D eigenvalue weighted by Crippen LogP contribution is -1.79. The van der Waals surface area contributed by atoms with Gasteiger partial charge in [0, 0.05) is 8.96 Å². The average Bonchev–Trinajstić information content (AvgIpc) is 2.46. The van der Waals surface area contributed by atoms with Gasteiger partial charge in [-0.1, -0.05) is 91.5 Å². The standard InChI is InChI=1S/C18H16Br2/c1-13-3-7-15(8-4-13)17(19)11-12-18(20)16-9-5-14(2)6-10-16/h3-12H,1-2H3/b17-11-,18-12-. The quantitative estimate of drug-likeness (QED) is 0.525. The van der Waals surface area contributed by atoms with Gasteiger partial charge in [-0.3, -0.25) is 0 Å². The predicted octanol–water partition coefficient (Wildman–Crippen LogP) is 6.48. The number of rotatable bonds is 3. The third-order valence-electron chi connectivity index (χ3n) is 3.03. The molecule has 0 heterocycles. The van der Waals surface area contributed by atoms with Crippen LogP contribution < -0.4 is 0 Å². The van der Waals surface area contributed by atoms with E-state index in [1.165, 1.54) is 22.3 Å². The van der Waals surface area contributed by atoms with Crippen molar-refractivity contribution >= 4 is 40.8 Å². The van der Waals surface area contributed by atoms with E-state index in [2.05, 4.69) is 106 Å². The molecule has 0 atom stereocenters. The van der Waals surface area contributed by atoms with E-state index in [0.29, 0.717) is 0 Å². The number of hydrogen-bond acceptors (Lipinski definition) is 0. The highest BCUT2D eigenvalue weighted by Crippen LogP contribution is 2.25. The van der Waals surface area contributed by atoms with Crippen LogP contribution in [0.5, 0.6) is 0 Å². The van der Waals surface area contributed by atoms with Crippen molar-refractivity contribution < 1.29 is 0 Å². The first-order chi connectivity index (χ1) is 9.56. The summed E-state index contributed by atoms with van der Waals surface area (Å²) in [5.41, 5.74) is 4.89. The molecule has 2 rings (SSSR count). The minimum atomic E-state index is 1.07. The van der Waals surface area contributed by atoms with Gasteiger partial charge in [-0.25, -0.2) is 0 Å². The van der Waals surface area contributed by atoms with Gasteiger partial charge < -0.3 is 0 Å². The molecule has 0 radical (unpaired) electrons. The first-order valence-corrected chi connectivity index (χ1v) is 8.02. The third-order valence-corrected chi connectivity index (χ3v) is 4.48. The second-order valence-corrected chi connectivity index (χ2v) is 6.47. The SMILES string of the molecule is Cc1ccc(/C(Br)=C/C=C(\Br)c2ccc(C)cc2)cc1. The summed E-state index contributed by atoms with van der Waals surface area (Å²) in [7, 11) is 0. The maximum Gasteiger partial charge on any atom is 0.0248 e. The number of aryl methyl sites for hydroxylation is 2. The molecule has 0 nitrogen and oxygen atoms in total. The molecule has 0 bridgehead atoms. The highest BCUT2D eigenvalue weighted by atomic mass is 79.9. The molecule has 0 saturated heterocycles. The van der Waals surface area contributed by atoms with Gasteiger partial charge in [0.15, 0.2) is 0 Å². The number of halogens is 2. The molecule has 0 unspecified atom stereocenters. The lowest BCUT2D eigenvalue weighted by atomic mass is 10.1. The zero-order valence-electron chi connectivity index (χ0n) is 11.5. The summed E-state index contributed by atoms with van der Waals surface area (Å²) in [5, 5.41) is 0. The van der Waals surface area contributed by atoms with Crippen LogP contribution in [0.15, 0.2) is 60.7 Å². The first-order valence-electron chi connectivity index (χ1n) is 6.43. The van der Waals surface area contributed by atoms with Gasteiger partial charge in [-0.15, -0.1) is 0 Å². The predicted molar refractivity (Wildman–Crippen MR) is 96.2 cm³/mol. The number of benzene rings is 2. The van der Waals surface area contributed by atoms with Crippen LogP contribution in [0.25, 0.3) is 8.96 Å². The Labute approximate surface area is 137 Å². The Balaban J connectivity index is 2.19. The molecule has 102 valence electrons. The van der Waals surface area contributed by atoms with Crippen molar-refractivity contribution in [1.29, 1.82) is 0 Å². The Morgan fingerprint density at radius 2 is 0.950 bits per heavy atom. The Morgan fingerprint density at radius 3 is 1.25 bits per heavy atom. The summed E-state index contributed by atoms with van der Waals surface area (Å²) in [6.07, 6.45) is 4.13. The third kappa shape index (κ3) is 4.19. The van der Waals surface area contributed by atoms with E-state index in [9.17, 15) is 0 Å². The molecule has 0 aliphatic rings.